The van der Waals surface area contributed by atoms with Gasteiger partial charge in [0.25, 0.3) is 0 Å². The first-order valence-electron chi connectivity index (χ1n) is 8.99. The fourth-order valence-electron chi connectivity index (χ4n) is 2.87. The lowest BCUT2D eigenvalue weighted by molar-refractivity contribution is 0.0697. The Morgan fingerprint density at radius 2 is 1.90 bits per heavy atom. The summed E-state index contributed by atoms with van der Waals surface area (Å²) in [5.74, 6) is -0.739. The molecule has 0 fully saturated rings. The molecule has 0 aliphatic heterocycles. The molecule has 0 saturated carbocycles. The molecule has 3 rings (SSSR count). The van der Waals surface area contributed by atoms with Gasteiger partial charge in [-0.1, -0.05) is 45.2 Å². The van der Waals surface area contributed by atoms with Crippen molar-refractivity contribution in [3.05, 3.63) is 85.6 Å². The molecule has 0 spiro atoms. The molecule has 0 radical (unpaired) electrons. The Hall–Kier alpha value is -2.48. The summed E-state index contributed by atoms with van der Waals surface area (Å²) in [5, 5.41) is 12.8. The van der Waals surface area contributed by atoms with Crippen LogP contribution in [0, 0.1) is 5.82 Å². The van der Waals surface area contributed by atoms with E-state index in [4.69, 9.17) is 32.7 Å². The van der Waals surface area contributed by atoms with Crippen molar-refractivity contribution in [2.75, 3.05) is 12.4 Å². The van der Waals surface area contributed by atoms with Gasteiger partial charge in [0.2, 0.25) is 0 Å². The van der Waals surface area contributed by atoms with E-state index in [9.17, 15) is 14.3 Å². The van der Waals surface area contributed by atoms with Crippen LogP contribution in [0.3, 0.4) is 0 Å². The molecule has 0 bridgehead atoms. The van der Waals surface area contributed by atoms with E-state index in [1.807, 2.05) is 0 Å². The highest BCUT2D eigenvalue weighted by molar-refractivity contribution is 9.10. The third-order valence-corrected chi connectivity index (χ3v) is 5.90. The van der Waals surface area contributed by atoms with Gasteiger partial charge in [0.15, 0.2) is 11.5 Å². The molecule has 0 aliphatic carbocycles. The van der Waals surface area contributed by atoms with Crippen LogP contribution >= 0.6 is 39.1 Å². The van der Waals surface area contributed by atoms with Crippen LogP contribution in [0.5, 0.6) is 11.5 Å². The molecule has 0 saturated heterocycles. The van der Waals surface area contributed by atoms with Crippen molar-refractivity contribution < 1.29 is 23.8 Å². The van der Waals surface area contributed by atoms with E-state index < -0.39 is 11.8 Å². The Morgan fingerprint density at radius 1 is 1.13 bits per heavy atom. The number of hydrogen-bond acceptors (Lipinski definition) is 4. The number of ether oxygens (including phenoxy) is 2. The molecular formula is C22H17BrCl2FNO4. The van der Waals surface area contributed by atoms with Crippen LogP contribution in [0.25, 0.3) is 0 Å². The van der Waals surface area contributed by atoms with Gasteiger partial charge in [-0.05, 0) is 42.5 Å². The lowest BCUT2D eigenvalue weighted by Gasteiger charge is -2.18. The maximum absolute atomic E-state index is 14.1. The number of hydrogen-bond donors (Lipinski definition) is 2. The van der Waals surface area contributed by atoms with E-state index in [1.54, 1.807) is 24.3 Å². The van der Waals surface area contributed by atoms with Gasteiger partial charge in [-0.3, -0.25) is 0 Å². The van der Waals surface area contributed by atoms with Crippen molar-refractivity contribution in [2.24, 2.45) is 0 Å². The predicted octanol–water partition coefficient (Wildman–Crippen LogP) is 6.79. The van der Waals surface area contributed by atoms with Crippen LogP contribution in [0.1, 0.15) is 21.5 Å². The summed E-state index contributed by atoms with van der Waals surface area (Å²) < 4.78 is 26.2. The number of carbonyl (C=O) groups is 1. The highest BCUT2D eigenvalue weighted by Crippen LogP contribution is 2.38. The number of rotatable bonds is 8. The van der Waals surface area contributed by atoms with E-state index in [2.05, 4.69) is 21.2 Å². The first-order chi connectivity index (χ1) is 14.8. The molecule has 9 heteroatoms. The summed E-state index contributed by atoms with van der Waals surface area (Å²) in [6.07, 6.45) is 0. The Balaban J connectivity index is 1.88. The molecule has 0 unspecified atom stereocenters. The molecule has 0 aliphatic rings. The van der Waals surface area contributed by atoms with Gasteiger partial charge in [0, 0.05) is 27.8 Å². The number of methoxy groups -OCH3 is 1. The third kappa shape index (κ3) is 5.42. The average Bonchev–Trinajstić information content (AvgIpc) is 2.73. The van der Waals surface area contributed by atoms with E-state index in [-0.39, 0.29) is 34.3 Å². The standard InChI is InChI=1S/C22H17BrCl2FNO4/c1-30-20-8-6-16(23)14(10-27-12-5-7-18(25)13(9-12)22(28)29)21(20)31-11-15-17(24)3-2-4-19(15)26/h2-9,27H,10-11H2,1H3,(H,28,29). The number of halogens is 4. The minimum Gasteiger partial charge on any atom is -0.493 e. The van der Waals surface area contributed by atoms with Gasteiger partial charge in [-0.25, -0.2) is 9.18 Å². The van der Waals surface area contributed by atoms with Gasteiger partial charge < -0.3 is 19.9 Å². The second-order valence-corrected chi connectivity index (χ2v) is 8.07. The summed E-state index contributed by atoms with van der Waals surface area (Å²) in [5.41, 5.74) is 1.47. The van der Waals surface area contributed by atoms with Crippen LogP contribution in [0.15, 0.2) is 53.0 Å². The van der Waals surface area contributed by atoms with Gasteiger partial charge in [-0.15, -0.1) is 0 Å². The van der Waals surface area contributed by atoms with Gasteiger partial charge in [0.1, 0.15) is 12.4 Å². The highest BCUT2D eigenvalue weighted by Gasteiger charge is 2.17. The number of benzene rings is 3. The smallest absolute Gasteiger partial charge is 0.337 e. The number of aromatic carboxylic acids is 1. The van der Waals surface area contributed by atoms with Crippen molar-refractivity contribution in [3.8, 4) is 11.5 Å². The van der Waals surface area contributed by atoms with Crippen LogP contribution in [-0.2, 0) is 13.2 Å². The molecule has 162 valence electrons. The van der Waals surface area contributed by atoms with E-state index in [0.29, 0.717) is 22.7 Å². The number of carboxylic acids is 1. The van der Waals surface area contributed by atoms with Gasteiger partial charge >= 0.3 is 5.97 Å². The largest absolute Gasteiger partial charge is 0.493 e. The Labute approximate surface area is 196 Å². The van der Waals surface area contributed by atoms with E-state index in [0.717, 1.165) is 4.47 Å². The minimum absolute atomic E-state index is 0.0120. The van der Waals surface area contributed by atoms with Crippen molar-refractivity contribution in [3.63, 3.8) is 0 Å². The van der Waals surface area contributed by atoms with Crippen molar-refractivity contribution >= 4 is 50.8 Å². The van der Waals surface area contributed by atoms with E-state index >= 15 is 0 Å². The summed E-state index contributed by atoms with van der Waals surface area (Å²) >= 11 is 15.5. The van der Waals surface area contributed by atoms with Crippen LogP contribution in [0.2, 0.25) is 10.0 Å². The fraction of sp³-hybridized carbons (Fsp3) is 0.136. The fourth-order valence-corrected chi connectivity index (χ4v) is 3.74. The van der Waals surface area contributed by atoms with E-state index in [1.165, 1.54) is 31.4 Å². The van der Waals surface area contributed by atoms with Crippen molar-refractivity contribution in [2.45, 2.75) is 13.2 Å². The summed E-state index contributed by atoms with van der Waals surface area (Å²) in [6, 6.07) is 12.6. The Morgan fingerprint density at radius 3 is 2.58 bits per heavy atom. The molecule has 5 nitrogen and oxygen atoms in total. The minimum atomic E-state index is -1.12. The average molecular weight is 529 g/mol. The zero-order valence-corrected chi connectivity index (χ0v) is 19.3. The van der Waals surface area contributed by atoms with Crippen LogP contribution < -0.4 is 14.8 Å². The molecule has 31 heavy (non-hydrogen) atoms. The Kier molecular flexibility index (Phi) is 7.64. The molecule has 0 amide bonds. The molecule has 0 atom stereocenters. The zero-order chi connectivity index (χ0) is 22.5. The molecule has 3 aromatic rings. The summed E-state index contributed by atoms with van der Waals surface area (Å²) in [6.45, 7) is 0.161. The molecule has 0 aromatic heterocycles. The topological polar surface area (TPSA) is 67.8 Å². The molecule has 0 heterocycles. The Bertz CT molecular complexity index is 1110. The lowest BCUT2D eigenvalue weighted by Crippen LogP contribution is -2.08. The zero-order valence-electron chi connectivity index (χ0n) is 16.2. The first kappa shape index (κ1) is 23.2. The van der Waals surface area contributed by atoms with Gasteiger partial charge in [-0.2, -0.15) is 0 Å². The first-order valence-corrected chi connectivity index (χ1v) is 10.5. The molecule has 3 aromatic carbocycles. The SMILES string of the molecule is COc1ccc(Br)c(CNc2ccc(Cl)c(C(=O)O)c2)c1OCc1c(F)cccc1Cl. The number of carboxylic acid groups (broad SMARTS) is 1. The van der Waals surface area contributed by atoms with Crippen molar-refractivity contribution in [1.82, 2.24) is 0 Å². The molecular weight excluding hydrogens is 512 g/mol. The lowest BCUT2D eigenvalue weighted by atomic mass is 10.1. The summed E-state index contributed by atoms with van der Waals surface area (Å²) in [4.78, 5) is 11.3. The van der Waals surface area contributed by atoms with Crippen LogP contribution in [0.4, 0.5) is 10.1 Å². The summed E-state index contributed by atoms with van der Waals surface area (Å²) in [7, 11) is 1.50. The maximum Gasteiger partial charge on any atom is 0.337 e. The normalized spacial score (nSPS) is 10.6. The number of nitrogens with one attached hydrogen (secondary N) is 1. The quantitative estimate of drug-likeness (QED) is 0.337. The maximum atomic E-state index is 14.1. The molecule has 2 N–H and O–H groups in total. The van der Waals surface area contributed by atoms with Crippen molar-refractivity contribution in [1.29, 1.82) is 0 Å². The second kappa shape index (κ2) is 10.2. The van der Waals surface area contributed by atoms with Gasteiger partial charge in [0.05, 0.1) is 22.7 Å². The third-order valence-electron chi connectivity index (χ3n) is 4.48. The monoisotopic (exact) mass is 527 g/mol. The highest BCUT2D eigenvalue weighted by atomic mass is 79.9. The second-order valence-electron chi connectivity index (χ2n) is 6.40. The predicted molar refractivity (Wildman–Crippen MR) is 122 cm³/mol. The van der Waals surface area contributed by atoms with Crippen LogP contribution in [-0.4, -0.2) is 18.2 Å². The number of anilines is 1.